The molecule has 20 heavy (non-hydrogen) atoms. The Morgan fingerprint density at radius 3 is 2.35 bits per heavy atom. The summed E-state index contributed by atoms with van der Waals surface area (Å²) in [6.07, 6.45) is 0.654. The molecule has 0 aliphatic heterocycles. The molecular weight excluding hydrogens is 599 g/mol. The summed E-state index contributed by atoms with van der Waals surface area (Å²) in [5.74, 6) is -0.881. The van der Waals surface area contributed by atoms with Gasteiger partial charge >= 0.3 is 0 Å². The van der Waals surface area contributed by atoms with Crippen molar-refractivity contribution in [2.75, 3.05) is 20.8 Å². The Balaban J connectivity index is 2.87. The molecule has 0 saturated heterocycles. The fourth-order valence-electron chi connectivity index (χ4n) is 1.67. The maximum Gasteiger partial charge on any atom is 0.252 e. The number of carbonyl (C=O) groups excluding carboxylic acids is 1. The van der Waals surface area contributed by atoms with Gasteiger partial charge in [0.15, 0.2) is 5.79 Å². The molecule has 0 radical (unpaired) electrons. The van der Waals surface area contributed by atoms with Crippen LogP contribution in [0.25, 0.3) is 0 Å². The third kappa shape index (κ3) is 4.65. The minimum Gasteiger partial charge on any atom is -0.352 e. The molecule has 0 bridgehead atoms. The van der Waals surface area contributed by atoms with E-state index in [1.165, 1.54) is 0 Å². The van der Waals surface area contributed by atoms with Gasteiger partial charge in [-0.15, -0.1) is 0 Å². The van der Waals surface area contributed by atoms with E-state index in [4.69, 9.17) is 9.47 Å². The molecule has 0 atom stereocenters. The van der Waals surface area contributed by atoms with Crippen LogP contribution in [0.5, 0.6) is 0 Å². The maximum absolute atomic E-state index is 12.3. The third-order valence-electron chi connectivity index (χ3n) is 3.04. The van der Waals surface area contributed by atoms with E-state index in [1.54, 1.807) is 14.2 Å². The van der Waals surface area contributed by atoms with Gasteiger partial charge in [-0.3, -0.25) is 4.79 Å². The molecule has 0 aromatic heterocycles. The highest BCUT2D eigenvalue weighted by Crippen LogP contribution is 2.23. The summed E-state index contributed by atoms with van der Waals surface area (Å²) >= 11 is 6.64. The van der Waals surface area contributed by atoms with Crippen molar-refractivity contribution in [2.24, 2.45) is 0 Å². The molecule has 4 nitrogen and oxygen atoms in total. The van der Waals surface area contributed by atoms with E-state index >= 15 is 0 Å². The summed E-state index contributed by atoms with van der Waals surface area (Å²) in [7, 11) is 3.16. The fourth-order valence-corrected chi connectivity index (χ4v) is 4.07. The molecule has 0 aliphatic carbocycles. The normalized spacial score (nSPS) is 11.5. The lowest BCUT2D eigenvalue weighted by Gasteiger charge is -2.29. The van der Waals surface area contributed by atoms with Crippen LogP contribution in [0.2, 0.25) is 0 Å². The molecule has 0 heterocycles. The molecule has 7 heteroatoms. The number of halogens is 3. The third-order valence-corrected chi connectivity index (χ3v) is 6.71. The largest absolute Gasteiger partial charge is 0.352 e. The van der Waals surface area contributed by atoms with Crippen LogP contribution < -0.4 is 5.32 Å². The number of amides is 1. The zero-order valence-corrected chi connectivity index (χ0v) is 17.9. The average Bonchev–Trinajstić information content (AvgIpc) is 2.44. The van der Waals surface area contributed by atoms with E-state index in [0.717, 1.165) is 10.7 Å². The van der Waals surface area contributed by atoms with Crippen molar-refractivity contribution >= 4 is 73.7 Å². The molecule has 1 rings (SSSR count). The molecule has 1 N–H and O–H groups in total. The van der Waals surface area contributed by atoms with Gasteiger partial charge in [0.2, 0.25) is 0 Å². The highest BCUT2D eigenvalue weighted by molar-refractivity contribution is 14.1. The zero-order chi connectivity index (χ0) is 15.3. The van der Waals surface area contributed by atoms with Gasteiger partial charge in [0.25, 0.3) is 5.91 Å². The topological polar surface area (TPSA) is 47.6 Å². The van der Waals surface area contributed by atoms with Gasteiger partial charge in [0, 0.05) is 31.4 Å². The van der Waals surface area contributed by atoms with Gasteiger partial charge in [-0.2, -0.15) is 0 Å². The van der Waals surface area contributed by atoms with E-state index in [1.807, 2.05) is 19.1 Å². The molecule has 0 saturated carbocycles. The van der Waals surface area contributed by atoms with Gasteiger partial charge in [-0.25, -0.2) is 0 Å². The number of rotatable bonds is 6. The van der Waals surface area contributed by atoms with Crippen molar-refractivity contribution in [3.8, 4) is 0 Å². The summed E-state index contributed by atoms with van der Waals surface area (Å²) in [6, 6.07) is 3.92. The Hall–Kier alpha value is 0.800. The Bertz CT molecular complexity index is 482. The van der Waals surface area contributed by atoms with Crippen LogP contribution in [0.4, 0.5) is 0 Å². The monoisotopic (exact) mass is 615 g/mol. The summed E-state index contributed by atoms with van der Waals surface area (Å²) in [6.45, 7) is 2.27. The second-order valence-electron chi connectivity index (χ2n) is 4.10. The second-order valence-corrected chi connectivity index (χ2v) is 7.59. The molecule has 0 spiro atoms. The first-order chi connectivity index (χ1) is 9.39. The highest BCUT2D eigenvalue weighted by atomic mass is 127. The molecule has 1 aromatic carbocycles. The molecule has 112 valence electrons. The van der Waals surface area contributed by atoms with E-state index < -0.39 is 5.79 Å². The van der Waals surface area contributed by atoms with Gasteiger partial charge < -0.3 is 14.8 Å². The van der Waals surface area contributed by atoms with Crippen LogP contribution in [0.15, 0.2) is 12.1 Å². The Morgan fingerprint density at radius 2 is 1.85 bits per heavy atom. The quantitative estimate of drug-likeness (QED) is 0.303. The first-order valence-corrected chi connectivity index (χ1v) is 9.15. The van der Waals surface area contributed by atoms with Crippen LogP contribution >= 0.6 is 67.8 Å². The van der Waals surface area contributed by atoms with Crippen molar-refractivity contribution in [3.63, 3.8) is 0 Å². The predicted molar refractivity (Wildman–Crippen MR) is 104 cm³/mol. The summed E-state index contributed by atoms with van der Waals surface area (Å²) in [5.41, 5.74) is 0.680. The zero-order valence-electron chi connectivity index (χ0n) is 11.4. The van der Waals surface area contributed by atoms with Crippen LogP contribution in [-0.4, -0.2) is 32.5 Å². The molecule has 0 fully saturated rings. The molecule has 1 amide bonds. The van der Waals surface area contributed by atoms with Crippen molar-refractivity contribution in [2.45, 2.75) is 19.1 Å². The van der Waals surface area contributed by atoms with Crippen LogP contribution in [0.3, 0.4) is 0 Å². The second kappa shape index (κ2) is 8.44. The smallest absolute Gasteiger partial charge is 0.252 e. The van der Waals surface area contributed by atoms with Gasteiger partial charge in [0.1, 0.15) is 0 Å². The summed E-state index contributed by atoms with van der Waals surface area (Å²) in [4.78, 5) is 12.3. The van der Waals surface area contributed by atoms with E-state index in [0.29, 0.717) is 18.5 Å². The Kier molecular flexibility index (Phi) is 7.95. The number of methoxy groups -OCH3 is 2. The van der Waals surface area contributed by atoms with E-state index in [9.17, 15) is 4.79 Å². The van der Waals surface area contributed by atoms with Crippen molar-refractivity contribution in [1.29, 1.82) is 0 Å². The Labute approximate surface area is 160 Å². The lowest BCUT2D eigenvalue weighted by Crippen LogP contribution is -2.45. The van der Waals surface area contributed by atoms with Crippen molar-refractivity contribution < 1.29 is 14.3 Å². The van der Waals surface area contributed by atoms with Crippen molar-refractivity contribution in [1.82, 2.24) is 5.32 Å². The Morgan fingerprint density at radius 1 is 1.25 bits per heavy atom. The van der Waals surface area contributed by atoms with Crippen molar-refractivity contribution in [3.05, 3.63) is 28.4 Å². The molecule has 0 aliphatic rings. The maximum atomic E-state index is 12.3. The molecular formula is C13H16I3NO3. The first-order valence-electron chi connectivity index (χ1n) is 5.92. The SMILES string of the molecule is CCC(CNC(=O)c1cc(I)cc(I)c1I)(OC)OC. The molecule has 0 unspecified atom stereocenters. The predicted octanol–water partition coefficient (Wildman–Crippen LogP) is 3.63. The fraction of sp³-hybridized carbons (Fsp3) is 0.462. The van der Waals surface area contributed by atoms with Crippen LogP contribution in [-0.2, 0) is 9.47 Å². The minimum absolute atomic E-state index is 0.113. The van der Waals surface area contributed by atoms with E-state index in [-0.39, 0.29) is 5.91 Å². The number of carbonyl (C=O) groups is 1. The average molecular weight is 615 g/mol. The lowest BCUT2D eigenvalue weighted by atomic mass is 10.2. The van der Waals surface area contributed by atoms with Gasteiger partial charge in [-0.1, -0.05) is 6.92 Å². The number of benzene rings is 1. The van der Waals surface area contributed by atoms with E-state index in [2.05, 4.69) is 73.1 Å². The lowest BCUT2D eigenvalue weighted by molar-refractivity contribution is -0.203. The number of hydrogen-bond acceptors (Lipinski definition) is 3. The van der Waals surface area contributed by atoms with Gasteiger partial charge in [-0.05, 0) is 79.9 Å². The number of nitrogens with one attached hydrogen (secondary N) is 1. The summed E-state index contributed by atoms with van der Waals surface area (Å²) < 4.78 is 13.8. The van der Waals surface area contributed by atoms with Crippen LogP contribution in [0.1, 0.15) is 23.7 Å². The van der Waals surface area contributed by atoms with Gasteiger partial charge in [0.05, 0.1) is 12.1 Å². The minimum atomic E-state index is -0.768. The van der Waals surface area contributed by atoms with Crippen LogP contribution in [0, 0.1) is 10.7 Å². The molecule has 1 aromatic rings. The highest BCUT2D eigenvalue weighted by Gasteiger charge is 2.28. The standard InChI is InChI=1S/C13H16I3NO3/c1-4-13(19-2,20-3)7-17-12(18)9-5-8(14)6-10(15)11(9)16/h5-6H,4,7H2,1-3H3,(H,17,18). The summed E-state index contributed by atoms with van der Waals surface area (Å²) in [5, 5.41) is 2.89. The number of hydrogen-bond donors (Lipinski definition) is 1. The first kappa shape index (κ1) is 18.8. The number of ether oxygens (including phenoxy) is 2.